The Morgan fingerprint density at radius 3 is 2.78 bits per heavy atom. The molecule has 2 fully saturated rings. The molecule has 0 spiro atoms. The van der Waals surface area contributed by atoms with Gasteiger partial charge in [-0.15, -0.1) is 0 Å². The molecule has 2 saturated heterocycles. The minimum absolute atomic E-state index is 0.225. The zero-order valence-electron chi connectivity index (χ0n) is 12.3. The van der Waals surface area contributed by atoms with Crippen molar-refractivity contribution >= 4 is 0 Å². The molecule has 18 heavy (non-hydrogen) atoms. The van der Waals surface area contributed by atoms with Crippen LogP contribution in [0.4, 0.5) is 0 Å². The van der Waals surface area contributed by atoms with Gasteiger partial charge >= 0.3 is 0 Å². The van der Waals surface area contributed by atoms with Crippen LogP contribution in [0, 0.1) is 11.8 Å². The molecule has 0 aliphatic carbocycles. The van der Waals surface area contributed by atoms with Crippen molar-refractivity contribution in [1.82, 2.24) is 4.90 Å². The lowest BCUT2D eigenvalue weighted by Crippen LogP contribution is -2.57. The van der Waals surface area contributed by atoms with Gasteiger partial charge in [-0.05, 0) is 44.1 Å². The van der Waals surface area contributed by atoms with Crippen LogP contribution in [0.1, 0.15) is 46.5 Å². The summed E-state index contributed by atoms with van der Waals surface area (Å²) in [5.41, 5.74) is 6.38. The van der Waals surface area contributed by atoms with E-state index in [0.29, 0.717) is 6.10 Å². The van der Waals surface area contributed by atoms with Crippen molar-refractivity contribution in [3.8, 4) is 0 Å². The summed E-state index contributed by atoms with van der Waals surface area (Å²) in [7, 11) is 0. The van der Waals surface area contributed by atoms with Crippen molar-refractivity contribution in [2.24, 2.45) is 17.6 Å². The monoisotopic (exact) mass is 254 g/mol. The van der Waals surface area contributed by atoms with Crippen molar-refractivity contribution in [3.05, 3.63) is 0 Å². The third-order valence-electron chi connectivity index (χ3n) is 5.20. The van der Waals surface area contributed by atoms with Crippen LogP contribution >= 0.6 is 0 Å². The van der Waals surface area contributed by atoms with Gasteiger partial charge in [-0.25, -0.2) is 0 Å². The van der Waals surface area contributed by atoms with Gasteiger partial charge in [0.25, 0.3) is 0 Å². The fourth-order valence-electron chi connectivity index (χ4n) is 3.63. The summed E-state index contributed by atoms with van der Waals surface area (Å²) in [4.78, 5) is 2.68. The molecule has 0 amide bonds. The second kappa shape index (κ2) is 5.89. The van der Waals surface area contributed by atoms with Gasteiger partial charge in [0, 0.05) is 25.2 Å². The van der Waals surface area contributed by atoms with E-state index in [1.807, 2.05) is 0 Å². The molecule has 3 nitrogen and oxygen atoms in total. The highest BCUT2D eigenvalue weighted by Crippen LogP contribution is 2.36. The van der Waals surface area contributed by atoms with Crippen LogP contribution in [-0.2, 0) is 4.74 Å². The standard InChI is InChI=1S/C15H30N2O/c1-4-14-9-15(11-16,6-8-18-14)17-7-5-13(10-17)12(2)3/h12-14H,4-11,16H2,1-3H3. The minimum Gasteiger partial charge on any atom is -0.378 e. The number of hydrogen-bond donors (Lipinski definition) is 1. The van der Waals surface area contributed by atoms with Gasteiger partial charge in [0.15, 0.2) is 0 Å². The summed E-state index contributed by atoms with van der Waals surface area (Å²) in [5.74, 6) is 1.66. The zero-order chi connectivity index (χ0) is 13.2. The van der Waals surface area contributed by atoms with Gasteiger partial charge in [0.1, 0.15) is 0 Å². The molecule has 0 aromatic carbocycles. The summed E-state index contributed by atoms with van der Waals surface area (Å²) in [6.07, 6.45) is 5.12. The molecule has 3 atom stereocenters. The maximum atomic E-state index is 6.16. The Morgan fingerprint density at radius 1 is 1.44 bits per heavy atom. The van der Waals surface area contributed by atoms with Gasteiger partial charge in [0.05, 0.1) is 6.10 Å². The van der Waals surface area contributed by atoms with Crippen LogP contribution in [0.5, 0.6) is 0 Å². The zero-order valence-corrected chi connectivity index (χ0v) is 12.3. The first-order valence-corrected chi connectivity index (χ1v) is 7.68. The largest absolute Gasteiger partial charge is 0.378 e. The van der Waals surface area contributed by atoms with Gasteiger partial charge in [-0.2, -0.15) is 0 Å². The van der Waals surface area contributed by atoms with E-state index in [0.717, 1.165) is 44.2 Å². The number of likely N-dealkylation sites (tertiary alicyclic amines) is 1. The summed E-state index contributed by atoms with van der Waals surface area (Å²) < 4.78 is 5.84. The van der Waals surface area contributed by atoms with Crippen LogP contribution in [0.3, 0.4) is 0 Å². The van der Waals surface area contributed by atoms with E-state index < -0.39 is 0 Å². The molecule has 0 aromatic heterocycles. The summed E-state index contributed by atoms with van der Waals surface area (Å²) in [6.45, 7) is 11.1. The lowest BCUT2D eigenvalue weighted by molar-refractivity contribution is -0.0669. The highest BCUT2D eigenvalue weighted by Gasteiger charge is 2.43. The topological polar surface area (TPSA) is 38.5 Å². The number of rotatable bonds is 4. The van der Waals surface area contributed by atoms with E-state index in [-0.39, 0.29) is 5.54 Å². The van der Waals surface area contributed by atoms with E-state index in [4.69, 9.17) is 10.5 Å². The van der Waals surface area contributed by atoms with E-state index in [2.05, 4.69) is 25.7 Å². The molecule has 3 unspecified atom stereocenters. The number of ether oxygens (including phenoxy) is 1. The third-order valence-corrected chi connectivity index (χ3v) is 5.20. The van der Waals surface area contributed by atoms with Crippen molar-refractivity contribution in [1.29, 1.82) is 0 Å². The molecule has 106 valence electrons. The first-order valence-electron chi connectivity index (χ1n) is 7.68. The lowest BCUT2D eigenvalue weighted by Gasteiger charge is -2.46. The summed E-state index contributed by atoms with van der Waals surface area (Å²) in [6, 6.07) is 0. The first-order chi connectivity index (χ1) is 8.61. The SMILES string of the molecule is CCC1CC(CN)(N2CCC(C(C)C)C2)CCO1. The van der Waals surface area contributed by atoms with E-state index in [1.165, 1.54) is 19.5 Å². The molecule has 2 aliphatic heterocycles. The fourth-order valence-corrected chi connectivity index (χ4v) is 3.63. The van der Waals surface area contributed by atoms with Crippen LogP contribution in [0.2, 0.25) is 0 Å². The normalized spacial score (nSPS) is 38.5. The molecule has 2 rings (SSSR count). The van der Waals surface area contributed by atoms with Crippen LogP contribution in [0.15, 0.2) is 0 Å². The lowest BCUT2D eigenvalue weighted by atomic mass is 9.84. The smallest absolute Gasteiger partial charge is 0.0590 e. The fraction of sp³-hybridized carbons (Fsp3) is 1.00. The number of hydrogen-bond acceptors (Lipinski definition) is 3. The molecule has 0 radical (unpaired) electrons. The van der Waals surface area contributed by atoms with Crippen molar-refractivity contribution in [3.63, 3.8) is 0 Å². The number of nitrogens with zero attached hydrogens (tertiary/aromatic N) is 1. The van der Waals surface area contributed by atoms with Crippen molar-refractivity contribution in [2.75, 3.05) is 26.2 Å². The maximum absolute atomic E-state index is 6.16. The summed E-state index contributed by atoms with van der Waals surface area (Å²) >= 11 is 0. The molecule has 0 saturated carbocycles. The third kappa shape index (κ3) is 2.73. The van der Waals surface area contributed by atoms with Gasteiger partial charge in [-0.1, -0.05) is 20.8 Å². The molecular weight excluding hydrogens is 224 g/mol. The Bertz CT molecular complexity index is 269. The molecular formula is C15H30N2O. The molecule has 0 aromatic rings. The van der Waals surface area contributed by atoms with E-state index in [1.54, 1.807) is 0 Å². The second-order valence-electron chi connectivity index (χ2n) is 6.52. The second-order valence-corrected chi connectivity index (χ2v) is 6.52. The van der Waals surface area contributed by atoms with Crippen LogP contribution in [-0.4, -0.2) is 42.8 Å². The molecule has 2 N–H and O–H groups in total. The Balaban J connectivity index is 2.03. The van der Waals surface area contributed by atoms with Crippen molar-refractivity contribution < 1.29 is 4.74 Å². The minimum atomic E-state index is 0.225. The maximum Gasteiger partial charge on any atom is 0.0590 e. The van der Waals surface area contributed by atoms with Crippen molar-refractivity contribution in [2.45, 2.75) is 58.1 Å². The molecule has 2 aliphatic rings. The molecule has 0 bridgehead atoms. The highest BCUT2D eigenvalue weighted by molar-refractivity contribution is 4.99. The Morgan fingerprint density at radius 2 is 2.22 bits per heavy atom. The van der Waals surface area contributed by atoms with Gasteiger partial charge in [-0.3, -0.25) is 4.90 Å². The predicted octanol–water partition coefficient (Wildman–Crippen LogP) is 2.25. The number of nitrogens with two attached hydrogens (primary N) is 1. The van der Waals surface area contributed by atoms with Gasteiger partial charge < -0.3 is 10.5 Å². The van der Waals surface area contributed by atoms with Crippen LogP contribution in [0.25, 0.3) is 0 Å². The molecule has 3 heteroatoms. The average Bonchev–Trinajstić information content (AvgIpc) is 2.89. The molecule has 2 heterocycles. The van der Waals surface area contributed by atoms with Gasteiger partial charge in [0.2, 0.25) is 0 Å². The Kier molecular flexibility index (Phi) is 4.68. The highest BCUT2D eigenvalue weighted by atomic mass is 16.5. The van der Waals surface area contributed by atoms with Crippen LogP contribution < -0.4 is 5.73 Å². The Labute approximate surface area is 112 Å². The Hall–Kier alpha value is -0.120. The van der Waals surface area contributed by atoms with E-state index in [9.17, 15) is 0 Å². The quantitative estimate of drug-likeness (QED) is 0.836. The summed E-state index contributed by atoms with van der Waals surface area (Å²) in [5, 5.41) is 0. The first kappa shape index (κ1) is 14.3. The van der Waals surface area contributed by atoms with E-state index >= 15 is 0 Å². The predicted molar refractivity (Wildman–Crippen MR) is 75.6 cm³/mol. The average molecular weight is 254 g/mol.